The lowest BCUT2D eigenvalue weighted by Crippen LogP contribution is -2.41. The summed E-state index contributed by atoms with van der Waals surface area (Å²) in [6.45, 7) is 4.58. The molecule has 0 fully saturated rings. The summed E-state index contributed by atoms with van der Waals surface area (Å²) in [5.41, 5.74) is 0.523. The van der Waals surface area contributed by atoms with E-state index in [1.165, 1.54) is 17.0 Å². The fourth-order valence-corrected chi connectivity index (χ4v) is 2.84. The first-order chi connectivity index (χ1) is 12.2. The third kappa shape index (κ3) is 8.05. The monoisotopic (exact) mass is 488 g/mol. The molecule has 1 aromatic heterocycles. The van der Waals surface area contributed by atoms with Crippen LogP contribution in [0, 0.1) is 0 Å². The molecule has 142 valence electrons. The molecule has 8 heteroatoms. The van der Waals surface area contributed by atoms with Gasteiger partial charge < -0.3 is 21.1 Å². The van der Waals surface area contributed by atoms with Crippen LogP contribution >= 0.6 is 35.3 Å². The molecule has 0 spiro atoms. The van der Waals surface area contributed by atoms with Crippen molar-refractivity contribution in [1.82, 2.24) is 16.0 Å². The van der Waals surface area contributed by atoms with Gasteiger partial charge in [0, 0.05) is 43.0 Å². The number of phenols is 1. The highest BCUT2D eigenvalue weighted by Gasteiger charge is 2.04. The van der Waals surface area contributed by atoms with E-state index < -0.39 is 0 Å². The number of halogens is 1. The van der Waals surface area contributed by atoms with Crippen molar-refractivity contribution < 1.29 is 9.90 Å². The molecule has 0 atom stereocenters. The van der Waals surface area contributed by atoms with Crippen molar-refractivity contribution in [2.24, 2.45) is 4.99 Å². The number of amides is 1. The quantitative estimate of drug-likeness (QED) is 0.199. The molecule has 4 N–H and O–H groups in total. The zero-order valence-corrected chi connectivity index (χ0v) is 17.8. The standard InChI is InChI=1S/C18H24N4O2S.HI/c1-2-19-18(21-10-9-16-4-3-13-25-16)22-12-11-20-17(24)14-5-7-15(23)8-6-14;/h3-8,13,23H,2,9-12H2,1H3,(H,20,24)(H2,19,21,22);1H. The summed E-state index contributed by atoms with van der Waals surface area (Å²) in [7, 11) is 0. The van der Waals surface area contributed by atoms with E-state index in [2.05, 4.69) is 32.4 Å². The van der Waals surface area contributed by atoms with Crippen molar-refractivity contribution >= 4 is 47.2 Å². The number of rotatable bonds is 8. The van der Waals surface area contributed by atoms with Crippen LogP contribution in [-0.4, -0.2) is 43.2 Å². The van der Waals surface area contributed by atoms with Gasteiger partial charge in [-0.2, -0.15) is 0 Å². The van der Waals surface area contributed by atoms with Crippen LogP contribution in [0.5, 0.6) is 5.75 Å². The third-order valence-corrected chi connectivity index (χ3v) is 4.32. The minimum absolute atomic E-state index is 0. The van der Waals surface area contributed by atoms with E-state index in [1.807, 2.05) is 13.0 Å². The zero-order valence-electron chi connectivity index (χ0n) is 14.7. The van der Waals surface area contributed by atoms with Crippen LogP contribution in [0.1, 0.15) is 22.2 Å². The first-order valence-electron chi connectivity index (χ1n) is 8.31. The summed E-state index contributed by atoms with van der Waals surface area (Å²) in [6.07, 6.45) is 0.922. The summed E-state index contributed by atoms with van der Waals surface area (Å²) in [4.78, 5) is 17.8. The second kappa shape index (κ2) is 12.5. The Kier molecular flexibility index (Phi) is 10.7. The molecule has 6 nitrogen and oxygen atoms in total. The zero-order chi connectivity index (χ0) is 17.9. The van der Waals surface area contributed by atoms with E-state index >= 15 is 0 Å². The van der Waals surface area contributed by atoms with Gasteiger partial charge in [-0.1, -0.05) is 6.07 Å². The summed E-state index contributed by atoms with van der Waals surface area (Å²) in [5.74, 6) is 0.728. The molecule has 0 unspecified atom stereocenters. The van der Waals surface area contributed by atoms with E-state index in [0.717, 1.165) is 25.5 Å². The molecule has 0 radical (unpaired) electrons. The van der Waals surface area contributed by atoms with Gasteiger partial charge in [0.15, 0.2) is 5.96 Å². The Hall–Kier alpha value is -1.81. The summed E-state index contributed by atoms with van der Waals surface area (Å²) >= 11 is 1.74. The van der Waals surface area contributed by atoms with Crippen LogP contribution < -0.4 is 16.0 Å². The smallest absolute Gasteiger partial charge is 0.251 e. The number of phenolic OH excluding ortho intramolecular Hbond substituents is 1. The van der Waals surface area contributed by atoms with Crippen LogP contribution in [0.25, 0.3) is 0 Å². The molecule has 0 aliphatic carbocycles. The molecule has 1 aromatic carbocycles. The predicted molar refractivity (Wildman–Crippen MR) is 118 cm³/mol. The fraction of sp³-hybridized carbons (Fsp3) is 0.333. The van der Waals surface area contributed by atoms with Gasteiger partial charge in [0.1, 0.15) is 5.75 Å². The number of benzene rings is 1. The Morgan fingerprint density at radius 2 is 1.85 bits per heavy atom. The van der Waals surface area contributed by atoms with Gasteiger partial charge in [-0.3, -0.25) is 9.79 Å². The maximum Gasteiger partial charge on any atom is 0.251 e. The number of aliphatic imine (C=N–C) groups is 1. The minimum Gasteiger partial charge on any atom is -0.508 e. The first kappa shape index (κ1) is 22.2. The Balaban J connectivity index is 0.00000338. The summed E-state index contributed by atoms with van der Waals surface area (Å²) in [6, 6.07) is 10.3. The van der Waals surface area contributed by atoms with E-state index in [4.69, 9.17) is 0 Å². The summed E-state index contributed by atoms with van der Waals surface area (Å²) in [5, 5.41) is 20.5. The Labute approximate surface area is 175 Å². The van der Waals surface area contributed by atoms with Crippen molar-refractivity contribution in [3.8, 4) is 5.75 Å². The van der Waals surface area contributed by atoms with E-state index in [-0.39, 0.29) is 35.6 Å². The normalized spacial score (nSPS) is 10.7. The van der Waals surface area contributed by atoms with Crippen molar-refractivity contribution in [3.05, 3.63) is 52.2 Å². The topological polar surface area (TPSA) is 85.8 Å². The fourth-order valence-electron chi connectivity index (χ4n) is 2.15. The number of hydrogen-bond acceptors (Lipinski definition) is 4. The van der Waals surface area contributed by atoms with Gasteiger partial charge >= 0.3 is 0 Å². The predicted octanol–water partition coefficient (Wildman–Crippen LogP) is 2.60. The van der Waals surface area contributed by atoms with Gasteiger partial charge in [0.25, 0.3) is 5.91 Å². The number of aromatic hydroxyl groups is 1. The average molecular weight is 488 g/mol. The number of nitrogens with zero attached hydrogens (tertiary/aromatic N) is 1. The van der Waals surface area contributed by atoms with Gasteiger partial charge in [0.2, 0.25) is 0 Å². The molecule has 1 heterocycles. The van der Waals surface area contributed by atoms with E-state index in [0.29, 0.717) is 18.7 Å². The lowest BCUT2D eigenvalue weighted by molar-refractivity contribution is 0.0954. The van der Waals surface area contributed by atoms with Crippen molar-refractivity contribution in [2.75, 3.05) is 26.2 Å². The lowest BCUT2D eigenvalue weighted by atomic mass is 10.2. The maximum atomic E-state index is 12.0. The Morgan fingerprint density at radius 3 is 2.50 bits per heavy atom. The molecule has 0 bridgehead atoms. The van der Waals surface area contributed by atoms with E-state index in [1.54, 1.807) is 23.5 Å². The molecule has 2 rings (SSSR count). The molecule has 1 amide bonds. The number of hydrogen-bond donors (Lipinski definition) is 4. The summed E-state index contributed by atoms with van der Waals surface area (Å²) < 4.78 is 0. The second-order valence-electron chi connectivity index (χ2n) is 5.32. The van der Waals surface area contributed by atoms with Crippen LogP contribution in [0.3, 0.4) is 0 Å². The minimum atomic E-state index is -0.165. The SMILES string of the molecule is CCNC(=NCCc1cccs1)NCCNC(=O)c1ccc(O)cc1.I. The maximum absolute atomic E-state index is 12.0. The first-order valence-corrected chi connectivity index (χ1v) is 9.19. The highest BCUT2D eigenvalue weighted by Crippen LogP contribution is 2.09. The molecule has 0 saturated heterocycles. The van der Waals surface area contributed by atoms with Crippen LogP contribution in [0.15, 0.2) is 46.8 Å². The molecule has 0 aliphatic rings. The van der Waals surface area contributed by atoms with E-state index in [9.17, 15) is 9.90 Å². The number of thiophene rings is 1. The Bertz CT molecular complexity index is 675. The lowest BCUT2D eigenvalue weighted by Gasteiger charge is -2.12. The van der Waals surface area contributed by atoms with Gasteiger partial charge in [-0.25, -0.2) is 0 Å². The van der Waals surface area contributed by atoms with Crippen LogP contribution in [0.4, 0.5) is 0 Å². The third-order valence-electron chi connectivity index (χ3n) is 3.38. The van der Waals surface area contributed by atoms with Crippen molar-refractivity contribution in [2.45, 2.75) is 13.3 Å². The van der Waals surface area contributed by atoms with Gasteiger partial charge in [-0.05, 0) is 42.6 Å². The number of nitrogens with one attached hydrogen (secondary N) is 3. The molecule has 26 heavy (non-hydrogen) atoms. The van der Waals surface area contributed by atoms with Crippen LogP contribution in [0.2, 0.25) is 0 Å². The largest absolute Gasteiger partial charge is 0.508 e. The highest BCUT2D eigenvalue weighted by molar-refractivity contribution is 14.0. The van der Waals surface area contributed by atoms with Crippen molar-refractivity contribution in [3.63, 3.8) is 0 Å². The molecule has 0 aliphatic heterocycles. The Morgan fingerprint density at radius 1 is 1.12 bits per heavy atom. The number of guanidine groups is 1. The number of carbonyl (C=O) groups excluding carboxylic acids is 1. The second-order valence-corrected chi connectivity index (χ2v) is 6.35. The van der Waals surface area contributed by atoms with Crippen molar-refractivity contribution in [1.29, 1.82) is 0 Å². The highest BCUT2D eigenvalue weighted by atomic mass is 127. The molecule has 2 aromatic rings. The van der Waals surface area contributed by atoms with Gasteiger partial charge in [-0.15, -0.1) is 35.3 Å². The molecular formula is C18H25IN4O2S. The number of carbonyl (C=O) groups is 1. The van der Waals surface area contributed by atoms with Crippen LogP contribution in [-0.2, 0) is 6.42 Å². The molecule has 0 saturated carbocycles. The van der Waals surface area contributed by atoms with Gasteiger partial charge in [0.05, 0.1) is 0 Å². The average Bonchev–Trinajstić information content (AvgIpc) is 3.12. The molecular weight excluding hydrogens is 463 g/mol.